The molecule has 1 aliphatic carbocycles. The lowest BCUT2D eigenvalue weighted by atomic mass is 10.2. The molecule has 2 fully saturated rings. The van der Waals surface area contributed by atoms with Crippen LogP contribution in [-0.4, -0.2) is 40.9 Å². The molecule has 8 nitrogen and oxygen atoms in total. The van der Waals surface area contributed by atoms with Gasteiger partial charge in [0.25, 0.3) is 0 Å². The predicted octanol–water partition coefficient (Wildman–Crippen LogP) is 3.68. The van der Waals surface area contributed by atoms with E-state index in [1.165, 1.54) is 5.52 Å². The van der Waals surface area contributed by atoms with Crippen LogP contribution in [0.2, 0.25) is 0 Å². The summed E-state index contributed by atoms with van der Waals surface area (Å²) in [6.07, 6.45) is 3.04. The lowest BCUT2D eigenvalue weighted by Gasteiger charge is -2.12. The van der Waals surface area contributed by atoms with Crippen molar-refractivity contribution in [1.29, 1.82) is 0 Å². The van der Waals surface area contributed by atoms with E-state index < -0.39 is 0 Å². The fraction of sp³-hybridized carbons (Fsp3) is 0.435. The highest BCUT2D eigenvalue weighted by molar-refractivity contribution is 5.76. The van der Waals surface area contributed by atoms with Gasteiger partial charge >= 0.3 is 0 Å². The molecule has 3 atom stereocenters. The number of hydrogen-bond donors (Lipinski definition) is 0. The summed E-state index contributed by atoms with van der Waals surface area (Å²) in [5.74, 6) is 4.91. The molecule has 1 saturated carbocycles. The van der Waals surface area contributed by atoms with E-state index in [2.05, 4.69) is 50.9 Å². The van der Waals surface area contributed by atoms with Crippen LogP contribution >= 0.6 is 0 Å². The molecule has 0 N–H and O–H groups in total. The van der Waals surface area contributed by atoms with Crippen molar-refractivity contribution >= 4 is 11.0 Å². The largest absolute Gasteiger partial charge is 0.370 e. The maximum Gasteiger partial charge on any atom is 0.163 e. The van der Waals surface area contributed by atoms with Gasteiger partial charge in [0.2, 0.25) is 0 Å². The van der Waals surface area contributed by atoms with E-state index in [1.807, 2.05) is 24.6 Å². The van der Waals surface area contributed by atoms with Crippen LogP contribution in [0.4, 0.5) is 0 Å². The van der Waals surface area contributed by atoms with E-state index in [-0.39, 0.29) is 6.10 Å². The van der Waals surface area contributed by atoms with Crippen LogP contribution in [0.3, 0.4) is 0 Å². The second-order valence-electron chi connectivity index (χ2n) is 8.60. The molecule has 0 radical (unpaired) electrons. The summed E-state index contributed by atoms with van der Waals surface area (Å²) in [4.78, 5) is 19.0. The Bertz CT molecular complexity index is 1280. The first-order chi connectivity index (χ1) is 15.1. The molecule has 1 aromatic carbocycles. The highest BCUT2D eigenvalue weighted by Gasteiger charge is 2.44. The van der Waals surface area contributed by atoms with Gasteiger partial charge in [-0.25, -0.2) is 19.9 Å². The normalized spacial score (nSPS) is 23.0. The molecule has 3 aromatic heterocycles. The van der Waals surface area contributed by atoms with Gasteiger partial charge in [-0.15, -0.1) is 5.10 Å². The van der Waals surface area contributed by atoms with Gasteiger partial charge in [-0.2, -0.15) is 4.68 Å². The number of nitrogens with zero attached hydrogens (tertiary/aromatic N) is 7. The van der Waals surface area contributed by atoms with Gasteiger partial charge in [0.1, 0.15) is 23.6 Å². The number of hydrogen-bond acceptors (Lipinski definition) is 6. The zero-order valence-corrected chi connectivity index (χ0v) is 18.0. The van der Waals surface area contributed by atoms with Crippen molar-refractivity contribution in [3.8, 4) is 5.82 Å². The van der Waals surface area contributed by atoms with Gasteiger partial charge in [0.05, 0.1) is 16.7 Å². The summed E-state index contributed by atoms with van der Waals surface area (Å²) in [5, 5.41) is 4.63. The maximum absolute atomic E-state index is 5.87. The van der Waals surface area contributed by atoms with E-state index >= 15 is 0 Å². The first kappa shape index (κ1) is 18.6. The highest BCUT2D eigenvalue weighted by Crippen LogP contribution is 2.54. The van der Waals surface area contributed by atoms with Crippen LogP contribution in [0.1, 0.15) is 66.2 Å². The average Bonchev–Trinajstić information content (AvgIpc) is 3.08. The summed E-state index contributed by atoms with van der Waals surface area (Å²) in [6, 6.07) is 10.4. The average molecular weight is 416 g/mol. The van der Waals surface area contributed by atoms with Crippen LogP contribution in [0.5, 0.6) is 0 Å². The van der Waals surface area contributed by atoms with E-state index in [4.69, 9.17) is 14.7 Å². The van der Waals surface area contributed by atoms with Gasteiger partial charge < -0.3 is 9.30 Å². The molecular formula is C23H25N7O. The molecule has 4 aromatic rings. The first-order valence-electron chi connectivity index (χ1n) is 10.9. The fourth-order valence-electron chi connectivity index (χ4n) is 4.77. The Kier molecular flexibility index (Phi) is 4.17. The Hall–Kier alpha value is -3.13. The number of aryl methyl sites for hydroxylation is 3. The lowest BCUT2D eigenvalue weighted by molar-refractivity contribution is 0.103. The molecule has 0 bridgehead atoms. The number of para-hydroxylation sites is 2. The zero-order valence-electron chi connectivity index (χ0n) is 18.0. The van der Waals surface area contributed by atoms with Gasteiger partial charge in [-0.1, -0.05) is 12.1 Å². The minimum atomic E-state index is -0.0198. The number of aromatic nitrogens is 7. The van der Waals surface area contributed by atoms with Gasteiger partial charge in [0.15, 0.2) is 11.6 Å². The summed E-state index contributed by atoms with van der Waals surface area (Å²) < 4.78 is 9.93. The summed E-state index contributed by atoms with van der Waals surface area (Å²) in [5.41, 5.74) is 3.26. The van der Waals surface area contributed by atoms with Crippen LogP contribution < -0.4 is 0 Å². The SMILES string of the molecule is Cc1nc([C@@H]2C[C@H]2c2nc3ccccc3n2C)cc(-n2nc(C)nc2[C@@H]2CCCO2)n1. The molecule has 0 amide bonds. The van der Waals surface area contributed by atoms with E-state index in [1.54, 1.807) is 0 Å². The van der Waals surface area contributed by atoms with Crippen LogP contribution in [0.25, 0.3) is 16.9 Å². The van der Waals surface area contributed by atoms with Crippen molar-refractivity contribution in [2.24, 2.45) is 7.05 Å². The minimum Gasteiger partial charge on any atom is -0.370 e. The standard InChI is InChI=1S/C23H25N7O/c1-13-24-18(15-11-16(15)22-27-17-7-4-5-8-19(17)29(22)3)12-21(25-13)30-23(26-14(2)28-30)20-9-6-10-31-20/h4-5,7-8,12,15-16,20H,6,9-11H2,1-3H3/t15-,16-,20+/m1/s1. The summed E-state index contributed by atoms with van der Waals surface area (Å²) in [6.45, 7) is 4.62. The molecule has 2 aliphatic rings. The monoisotopic (exact) mass is 415 g/mol. The Morgan fingerprint density at radius 1 is 0.968 bits per heavy atom. The molecule has 1 saturated heterocycles. The number of rotatable bonds is 4. The lowest BCUT2D eigenvalue weighted by Crippen LogP contribution is -2.11. The Labute approximate surface area is 180 Å². The van der Waals surface area contributed by atoms with Gasteiger partial charge in [0, 0.05) is 31.6 Å². The van der Waals surface area contributed by atoms with E-state index in [0.717, 1.165) is 66.2 Å². The smallest absolute Gasteiger partial charge is 0.163 e. The minimum absolute atomic E-state index is 0.0198. The van der Waals surface area contributed by atoms with Crippen LogP contribution in [0.15, 0.2) is 30.3 Å². The molecule has 4 heterocycles. The maximum atomic E-state index is 5.87. The van der Waals surface area contributed by atoms with Crippen molar-refractivity contribution in [2.75, 3.05) is 6.61 Å². The molecular weight excluding hydrogens is 390 g/mol. The van der Waals surface area contributed by atoms with Crippen molar-refractivity contribution in [3.63, 3.8) is 0 Å². The van der Waals surface area contributed by atoms with Crippen molar-refractivity contribution in [2.45, 2.75) is 51.0 Å². The van der Waals surface area contributed by atoms with Crippen molar-refractivity contribution < 1.29 is 4.74 Å². The molecule has 158 valence electrons. The third kappa shape index (κ3) is 3.13. The molecule has 8 heteroatoms. The second kappa shape index (κ2) is 6.95. The Morgan fingerprint density at radius 3 is 2.65 bits per heavy atom. The molecule has 1 aliphatic heterocycles. The second-order valence-corrected chi connectivity index (χ2v) is 8.60. The van der Waals surface area contributed by atoms with E-state index in [9.17, 15) is 0 Å². The fourth-order valence-corrected chi connectivity index (χ4v) is 4.77. The Balaban J connectivity index is 1.35. The summed E-state index contributed by atoms with van der Waals surface area (Å²) >= 11 is 0. The zero-order chi connectivity index (χ0) is 21.1. The Morgan fingerprint density at radius 2 is 1.84 bits per heavy atom. The van der Waals surface area contributed by atoms with Crippen molar-refractivity contribution in [1.82, 2.24) is 34.3 Å². The van der Waals surface area contributed by atoms with Gasteiger partial charge in [-0.05, 0) is 45.2 Å². The third-order valence-corrected chi connectivity index (χ3v) is 6.34. The van der Waals surface area contributed by atoms with E-state index in [0.29, 0.717) is 11.8 Å². The quantitative estimate of drug-likeness (QED) is 0.506. The number of imidazole rings is 1. The molecule has 31 heavy (non-hydrogen) atoms. The third-order valence-electron chi connectivity index (χ3n) is 6.34. The van der Waals surface area contributed by atoms with Gasteiger partial charge in [-0.3, -0.25) is 0 Å². The summed E-state index contributed by atoms with van der Waals surface area (Å²) in [7, 11) is 2.10. The molecule has 0 unspecified atom stereocenters. The number of ether oxygens (including phenoxy) is 1. The number of fused-ring (bicyclic) bond motifs is 1. The first-order valence-corrected chi connectivity index (χ1v) is 10.9. The topological polar surface area (TPSA) is 83.5 Å². The molecule has 6 rings (SSSR count). The highest BCUT2D eigenvalue weighted by atomic mass is 16.5. The predicted molar refractivity (Wildman–Crippen MR) is 115 cm³/mol. The van der Waals surface area contributed by atoms with Crippen molar-refractivity contribution in [3.05, 3.63) is 59.3 Å². The number of benzene rings is 1. The van der Waals surface area contributed by atoms with Crippen LogP contribution in [-0.2, 0) is 11.8 Å². The van der Waals surface area contributed by atoms with Crippen LogP contribution in [0, 0.1) is 13.8 Å². The molecule has 0 spiro atoms.